The van der Waals surface area contributed by atoms with Crippen LogP contribution in [0.25, 0.3) is 0 Å². The van der Waals surface area contributed by atoms with Gasteiger partial charge < -0.3 is 15.4 Å². The van der Waals surface area contributed by atoms with Crippen molar-refractivity contribution in [3.8, 4) is 0 Å². The Kier molecular flexibility index (Phi) is 19.0. The van der Waals surface area contributed by atoms with Crippen LogP contribution in [0.1, 0.15) is 58.8 Å². The van der Waals surface area contributed by atoms with Gasteiger partial charge >= 0.3 is 5.97 Å². The third-order valence-electron chi connectivity index (χ3n) is 2.95. The van der Waals surface area contributed by atoms with Gasteiger partial charge in [-0.2, -0.15) is 0 Å². The fraction of sp³-hybridized carbons (Fsp3) is 0.867. The lowest BCUT2D eigenvalue weighted by Gasteiger charge is -2.11. The van der Waals surface area contributed by atoms with E-state index in [9.17, 15) is 4.79 Å². The van der Waals surface area contributed by atoms with Crippen LogP contribution >= 0.6 is 24.0 Å². The minimum atomic E-state index is -0.0776. The molecule has 0 aliphatic carbocycles. The van der Waals surface area contributed by atoms with Crippen molar-refractivity contribution in [2.45, 2.75) is 58.8 Å². The van der Waals surface area contributed by atoms with E-state index in [4.69, 9.17) is 4.74 Å². The van der Waals surface area contributed by atoms with Gasteiger partial charge in [0.05, 0.1) is 6.61 Å². The van der Waals surface area contributed by atoms with Crippen molar-refractivity contribution in [1.29, 1.82) is 0 Å². The van der Waals surface area contributed by atoms with Crippen molar-refractivity contribution in [1.82, 2.24) is 10.6 Å². The molecule has 0 saturated carbocycles. The van der Waals surface area contributed by atoms with Gasteiger partial charge in [-0.15, -0.1) is 24.0 Å². The van der Waals surface area contributed by atoms with Crippen molar-refractivity contribution in [2.24, 2.45) is 4.99 Å². The number of nitrogens with one attached hydrogen (secondary N) is 2. The molecule has 6 heteroatoms. The maximum absolute atomic E-state index is 11.1. The quantitative estimate of drug-likeness (QED) is 0.180. The summed E-state index contributed by atoms with van der Waals surface area (Å²) < 4.78 is 4.89. The molecule has 0 unspecified atom stereocenters. The van der Waals surface area contributed by atoms with Gasteiger partial charge in [-0.05, 0) is 26.2 Å². The van der Waals surface area contributed by atoms with E-state index in [1.807, 2.05) is 6.92 Å². The lowest BCUT2D eigenvalue weighted by Crippen LogP contribution is -2.38. The number of nitrogens with zero attached hydrogens (tertiary/aromatic N) is 1. The van der Waals surface area contributed by atoms with Gasteiger partial charge in [0, 0.05) is 26.6 Å². The average molecular weight is 413 g/mol. The minimum absolute atomic E-state index is 0. The Balaban J connectivity index is 0. The van der Waals surface area contributed by atoms with Crippen LogP contribution in [0.15, 0.2) is 4.99 Å². The normalized spacial score (nSPS) is 10.7. The van der Waals surface area contributed by atoms with Crippen LogP contribution < -0.4 is 10.6 Å². The average Bonchev–Trinajstić information content (AvgIpc) is 2.44. The van der Waals surface area contributed by atoms with E-state index in [0.29, 0.717) is 13.0 Å². The summed E-state index contributed by atoms with van der Waals surface area (Å²) in [4.78, 5) is 15.3. The first-order valence-corrected chi connectivity index (χ1v) is 7.84. The predicted molar refractivity (Wildman–Crippen MR) is 99.4 cm³/mol. The van der Waals surface area contributed by atoms with Gasteiger partial charge in [-0.3, -0.25) is 9.79 Å². The van der Waals surface area contributed by atoms with Crippen LogP contribution in [0, 0.1) is 0 Å². The molecule has 0 bridgehead atoms. The molecule has 0 saturated heterocycles. The Morgan fingerprint density at radius 2 is 1.62 bits per heavy atom. The number of rotatable bonds is 11. The van der Waals surface area contributed by atoms with Gasteiger partial charge in [-0.1, -0.05) is 26.2 Å². The molecule has 0 spiro atoms. The molecule has 2 N–H and O–H groups in total. The SMILES string of the molecule is CCCCNC(=NC)NCCCCCCC(=O)OCC.I. The van der Waals surface area contributed by atoms with Crippen LogP contribution in [0.3, 0.4) is 0 Å². The molecule has 0 aromatic rings. The van der Waals surface area contributed by atoms with Gasteiger partial charge in [-0.25, -0.2) is 0 Å². The zero-order chi connectivity index (χ0) is 15.1. The second-order valence-electron chi connectivity index (χ2n) is 4.75. The smallest absolute Gasteiger partial charge is 0.305 e. The summed E-state index contributed by atoms with van der Waals surface area (Å²) in [6, 6.07) is 0. The number of carbonyl (C=O) groups is 1. The Hall–Kier alpha value is -0.530. The molecule has 5 nitrogen and oxygen atoms in total. The molecule has 0 radical (unpaired) electrons. The summed E-state index contributed by atoms with van der Waals surface area (Å²) in [6.45, 7) is 6.38. The Labute approximate surface area is 146 Å². The first kappa shape index (κ1) is 22.7. The van der Waals surface area contributed by atoms with E-state index >= 15 is 0 Å². The van der Waals surface area contributed by atoms with E-state index in [1.165, 1.54) is 6.42 Å². The number of guanidine groups is 1. The summed E-state index contributed by atoms with van der Waals surface area (Å²) in [5.74, 6) is 0.802. The lowest BCUT2D eigenvalue weighted by atomic mass is 10.1. The molecule has 126 valence electrons. The van der Waals surface area contributed by atoms with Crippen molar-refractivity contribution < 1.29 is 9.53 Å². The minimum Gasteiger partial charge on any atom is -0.466 e. The largest absolute Gasteiger partial charge is 0.466 e. The molecule has 0 fully saturated rings. The van der Waals surface area contributed by atoms with Crippen LogP contribution in [-0.2, 0) is 9.53 Å². The first-order valence-electron chi connectivity index (χ1n) is 7.84. The summed E-state index contributed by atoms with van der Waals surface area (Å²) in [7, 11) is 1.79. The molecule has 0 amide bonds. The topological polar surface area (TPSA) is 62.7 Å². The van der Waals surface area contributed by atoms with Gasteiger partial charge in [0.25, 0.3) is 0 Å². The molecular weight excluding hydrogens is 381 g/mol. The molecule has 0 rings (SSSR count). The fourth-order valence-electron chi connectivity index (χ4n) is 1.79. The summed E-state index contributed by atoms with van der Waals surface area (Å²) >= 11 is 0. The highest BCUT2D eigenvalue weighted by molar-refractivity contribution is 14.0. The molecular formula is C15H32IN3O2. The zero-order valence-corrected chi connectivity index (χ0v) is 16.1. The van der Waals surface area contributed by atoms with Crippen molar-refractivity contribution >= 4 is 35.9 Å². The molecule has 0 aromatic heterocycles. The van der Waals surface area contributed by atoms with Crippen LogP contribution in [0.4, 0.5) is 0 Å². The highest BCUT2D eigenvalue weighted by Gasteiger charge is 2.01. The van der Waals surface area contributed by atoms with Gasteiger partial charge in [0.2, 0.25) is 0 Å². The third kappa shape index (κ3) is 15.7. The molecule has 0 aromatic carbocycles. The van der Waals surface area contributed by atoms with Gasteiger partial charge in [0.15, 0.2) is 5.96 Å². The highest BCUT2D eigenvalue weighted by Crippen LogP contribution is 2.03. The van der Waals surface area contributed by atoms with E-state index in [0.717, 1.165) is 51.2 Å². The Morgan fingerprint density at radius 1 is 1.00 bits per heavy atom. The molecule has 0 aliphatic heterocycles. The highest BCUT2D eigenvalue weighted by atomic mass is 127. The zero-order valence-electron chi connectivity index (χ0n) is 13.7. The number of carbonyl (C=O) groups excluding carboxylic acids is 1. The van der Waals surface area contributed by atoms with Crippen molar-refractivity contribution in [2.75, 3.05) is 26.7 Å². The van der Waals surface area contributed by atoms with Crippen LogP contribution in [0.2, 0.25) is 0 Å². The maximum atomic E-state index is 11.1. The number of halogens is 1. The van der Waals surface area contributed by atoms with Crippen molar-refractivity contribution in [3.63, 3.8) is 0 Å². The lowest BCUT2D eigenvalue weighted by molar-refractivity contribution is -0.143. The van der Waals surface area contributed by atoms with E-state index in [2.05, 4.69) is 22.5 Å². The summed E-state index contributed by atoms with van der Waals surface area (Å²) in [5, 5.41) is 6.57. The Bertz CT molecular complexity index is 274. The molecule has 0 heterocycles. The standard InChI is InChI=1S/C15H31N3O2.HI/c1-4-6-12-17-15(16-3)18-13-10-8-7-9-11-14(19)20-5-2;/h4-13H2,1-3H3,(H2,16,17,18);1H. The molecule has 0 aliphatic rings. The second-order valence-corrected chi connectivity index (χ2v) is 4.75. The van der Waals surface area contributed by atoms with E-state index in [-0.39, 0.29) is 29.9 Å². The molecule has 0 atom stereocenters. The second kappa shape index (κ2) is 17.5. The third-order valence-corrected chi connectivity index (χ3v) is 2.95. The van der Waals surface area contributed by atoms with E-state index < -0.39 is 0 Å². The number of aliphatic imine (C=N–C) groups is 1. The summed E-state index contributed by atoms with van der Waals surface area (Å²) in [6.07, 6.45) is 7.10. The number of hydrogen-bond acceptors (Lipinski definition) is 3. The van der Waals surface area contributed by atoms with Crippen molar-refractivity contribution in [3.05, 3.63) is 0 Å². The summed E-state index contributed by atoms with van der Waals surface area (Å²) in [5.41, 5.74) is 0. The van der Waals surface area contributed by atoms with Crippen LogP contribution in [-0.4, -0.2) is 38.7 Å². The monoisotopic (exact) mass is 413 g/mol. The van der Waals surface area contributed by atoms with E-state index in [1.54, 1.807) is 7.05 Å². The maximum Gasteiger partial charge on any atom is 0.305 e. The molecule has 21 heavy (non-hydrogen) atoms. The predicted octanol–water partition coefficient (Wildman–Crippen LogP) is 3.08. The number of esters is 1. The number of unbranched alkanes of at least 4 members (excludes halogenated alkanes) is 4. The Morgan fingerprint density at radius 3 is 2.19 bits per heavy atom. The fourth-order valence-corrected chi connectivity index (χ4v) is 1.79. The number of hydrogen-bond donors (Lipinski definition) is 2. The van der Waals surface area contributed by atoms with Gasteiger partial charge in [0.1, 0.15) is 0 Å². The number of ether oxygens (including phenoxy) is 1. The van der Waals surface area contributed by atoms with Crippen LogP contribution in [0.5, 0.6) is 0 Å². The first-order chi connectivity index (χ1) is 9.74.